The highest BCUT2D eigenvalue weighted by Crippen LogP contribution is 2.25. The second-order valence-electron chi connectivity index (χ2n) is 3.20. The van der Waals surface area contributed by atoms with Crippen molar-refractivity contribution in [3.8, 4) is 0 Å². The first-order valence-electron chi connectivity index (χ1n) is 4.48. The molecule has 1 unspecified atom stereocenters. The van der Waals surface area contributed by atoms with Gasteiger partial charge in [0.25, 0.3) is 0 Å². The van der Waals surface area contributed by atoms with Crippen LogP contribution in [0.2, 0.25) is 0 Å². The van der Waals surface area contributed by atoms with Gasteiger partial charge >= 0.3 is 0 Å². The summed E-state index contributed by atoms with van der Waals surface area (Å²) in [6.07, 6.45) is 3.98. The lowest BCUT2D eigenvalue weighted by molar-refractivity contribution is 0.0739. The van der Waals surface area contributed by atoms with E-state index >= 15 is 0 Å². The normalized spacial score (nSPS) is 23.3. The lowest BCUT2D eigenvalue weighted by Crippen LogP contribution is -2.14. The molecule has 1 aliphatic heterocycles. The van der Waals surface area contributed by atoms with Crippen molar-refractivity contribution >= 4 is 11.6 Å². The molecule has 2 heterocycles. The Morgan fingerprint density at radius 1 is 1.62 bits per heavy atom. The first kappa shape index (κ1) is 9.03. The van der Waals surface area contributed by atoms with Gasteiger partial charge in [0.2, 0.25) is 5.89 Å². The number of aromatic nitrogens is 1. The number of halogens is 1. The molecule has 1 aliphatic rings. The Kier molecular flexibility index (Phi) is 2.86. The highest BCUT2D eigenvalue weighted by Gasteiger charge is 2.19. The number of ether oxygens (including phenoxy) is 1. The Hall–Kier alpha value is -0.540. The van der Waals surface area contributed by atoms with Crippen LogP contribution in [0, 0.1) is 0 Å². The molecule has 1 atom stereocenters. The largest absolute Gasteiger partial charge is 0.444 e. The Balaban J connectivity index is 2.05. The highest BCUT2D eigenvalue weighted by molar-refractivity contribution is 6.16. The molecule has 0 bridgehead atoms. The van der Waals surface area contributed by atoms with E-state index in [1.54, 1.807) is 6.20 Å². The fraction of sp³-hybridized carbons (Fsp3) is 0.667. The van der Waals surface area contributed by atoms with Gasteiger partial charge in [-0.25, -0.2) is 4.98 Å². The van der Waals surface area contributed by atoms with Crippen molar-refractivity contribution in [3.63, 3.8) is 0 Å². The van der Waals surface area contributed by atoms with Crippen LogP contribution in [-0.2, 0) is 10.6 Å². The molecule has 4 heteroatoms. The third kappa shape index (κ3) is 2.03. The van der Waals surface area contributed by atoms with Gasteiger partial charge in [0.05, 0.1) is 18.7 Å². The fourth-order valence-electron chi connectivity index (χ4n) is 1.54. The molecule has 0 radical (unpaired) electrons. The molecular formula is C9H12ClNO2. The molecule has 1 aromatic rings. The third-order valence-corrected chi connectivity index (χ3v) is 2.48. The van der Waals surface area contributed by atoms with Gasteiger partial charge in [-0.2, -0.15) is 0 Å². The van der Waals surface area contributed by atoms with Gasteiger partial charge in [0, 0.05) is 12.5 Å². The molecule has 0 N–H and O–H groups in total. The van der Waals surface area contributed by atoms with Crippen molar-refractivity contribution < 1.29 is 9.15 Å². The van der Waals surface area contributed by atoms with Crippen molar-refractivity contribution in [2.45, 2.75) is 24.6 Å². The summed E-state index contributed by atoms with van der Waals surface area (Å²) in [6, 6.07) is 0. The van der Waals surface area contributed by atoms with Crippen LogP contribution in [0.15, 0.2) is 10.6 Å². The second-order valence-corrected chi connectivity index (χ2v) is 3.47. The van der Waals surface area contributed by atoms with Crippen LogP contribution in [0.25, 0.3) is 0 Å². The Bertz CT molecular complexity index is 268. The molecule has 1 saturated heterocycles. The molecule has 0 spiro atoms. The lowest BCUT2D eigenvalue weighted by atomic mass is 10.0. The van der Waals surface area contributed by atoms with E-state index < -0.39 is 0 Å². The smallest absolute Gasteiger partial charge is 0.209 e. The van der Waals surface area contributed by atoms with Gasteiger partial charge in [0.15, 0.2) is 0 Å². The Morgan fingerprint density at radius 2 is 2.54 bits per heavy atom. The Morgan fingerprint density at radius 3 is 3.15 bits per heavy atom. The fourth-order valence-corrected chi connectivity index (χ4v) is 1.66. The minimum absolute atomic E-state index is 0.341. The molecule has 0 saturated carbocycles. The van der Waals surface area contributed by atoms with E-state index in [9.17, 15) is 0 Å². The third-order valence-electron chi connectivity index (χ3n) is 2.25. The number of oxazole rings is 1. The highest BCUT2D eigenvalue weighted by atomic mass is 35.5. The first-order chi connectivity index (χ1) is 6.40. The van der Waals surface area contributed by atoms with E-state index in [4.69, 9.17) is 20.8 Å². The van der Waals surface area contributed by atoms with Crippen LogP contribution in [0.3, 0.4) is 0 Å². The number of rotatable bonds is 2. The summed E-state index contributed by atoms with van der Waals surface area (Å²) in [6.45, 7) is 1.61. The number of hydrogen-bond acceptors (Lipinski definition) is 3. The van der Waals surface area contributed by atoms with E-state index in [2.05, 4.69) is 4.98 Å². The van der Waals surface area contributed by atoms with Crippen molar-refractivity contribution in [3.05, 3.63) is 17.8 Å². The minimum Gasteiger partial charge on any atom is -0.444 e. The van der Waals surface area contributed by atoms with E-state index in [1.807, 2.05) is 0 Å². The van der Waals surface area contributed by atoms with E-state index in [1.165, 1.54) is 0 Å². The van der Waals surface area contributed by atoms with Gasteiger partial charge < -0.3 is 9.15 Å². The van der Waals surface area contributed by atoms with Crippen LogP contribution in [0.4, 0.5) is 0 Å². The number of alkyl halides is 1. The molecule has 13 heavy (non-hydrogen) atoms. The maximum Gasteiger partial charge on any atom is 0.209 e. The van der Waals surface area contributed by atoms with Gasteiger partial charge in [-0.15, -0.1) is 11.6 Å². The average Bonchev–Trinajstić information content (AvgIpc) is 2.67. The quantitative estimate of drug-likeness (QED) is 0.689. The zero-order valence-electron chi connectivity index (χ0n) is 7.33. The number of nitrogens with zero attached hydrogens (tertiary/aromatic N) is 1. The zero-order valence-corrected chi connectivity index (χ0v) is 8.09. The molecular weight excluding hydrogens is 190 g/mol. The summed E-state index contributed by atoms with van der Waals surface area (Å²) in [7, 11) is 0. The van der Waals surface area contributed by atoms with Crippen LogP contribution >= 0.6 is 11.6 Å². The predicted molar refractivity (Wildman–Crippen MR) is 48.9 cm³/mol. The molecule has 0 aromatic carbocycles. The standard InChI is InChI=1S/C9H12ClNO2/c10-4-9-11-5-8(13-9)7-2-1-3-12-6-7/h5,7H,1-4,6H2. The van der Waals surface area contributed by atoms with Gasteiger partial charge in [0.1, 0.15) is 5.76 Å². The monoisotopic (exact) mass is 201 g/mol. The summed E-state index contributed by atoms with van der Waals surface area (Å²) >= 11 is 5.59. The van der Waals surface area contributed by atoms with E-state index in [-0.39, 0.29) is 0 Å². The summed E-state index contributed by atoms with van der Waals surface area (Å²) in [4.78, 5) is 4.06. The molecule has 1 aromatic heterocycles. The summed E-state index contributed by atoms with van der Waals surface area (Å²) in [5.74, 6) is 2.23. The average molecular weight is 202 g/mol. The molecule has 0 amide bonds. The second kappa shape index (κ2) is 4.11. The predicted octanol–water partition coefficient (Wildman–Crippen LogP) is 2.31. The minimum atomic E-state index is 0.341. The van der Waals surface area contributed by atoms with Gasteiger partial charge in [-0.1, -0.05) is 0 Å². The van der Waals surface area contributed by atoms with Crippen molar-refractivity contribution in [1.29, 1.82) is 0 Å². The van der Waals surface area contributed by atoms with Crippen molar-refractivity contribution in [2.75, 3.05) is 13.2 Å². The van der Waals surface area contributed by atoms with Crippen LogP contribution in [-0.4, -0.2) is 18.2 Å². The number of hydrogen-bond donors (Lipinski definition) is 0. The van der Waals surface area contributed by atoms with Crippen LogP contribution in [0.5, 0.6) is 0 Å². The van der Waals surface area contributed by atoms with Gasteiger partial charge in [-0.05, 0) is 12.8 Å². The summed E-state index contributed by atoms with van der Waals surface area (Å²) < 4.78 is 10.8. The van der Waals surface area contributed by atoms with E-state index in [0.29, 0.717) is 17.7 Å². The molecule has 0 aliphatic carbocycles. The summed E-state index contributed by atoms with van der Waals surface area (Å²) in [5.41, 5.74) is 0. The SMILES string of the molecule is ClCc1ncc(C2CCCOC2)o1. The van der Waals surface area contributed by atoms with E-state index in [0.717, 1.165) is 31.8 Å². The molecule has 3 nitrogen and oxygen atoms in total. The lowest BCUT2D eigenvalue weighted by Gasteiger charge is -2.19. The van der Waals surface area contributed by atoms with Crippen molar-refractivity contribution in [2.24, 2.45) is 0 Å². The van der Waals surface area contributed by atoms with Crippen molar-refractivity contribution in [1.82, 2.24) is 4.98 Å². The molecule has 72 valence electrons. The summed E-state index contributed by atoms with van der Waals surface area (Å²) in [5, 5.41) is 0. The maximum atomic E-state index is 5.59. The van der Waals surface area contributed by atoms with Gasteiger partial charge in [-0.3, -0.25) is 0 Å². The molecule has 1 fully saturated rings. The topological polar surface area (TPSA) is 35.3 Å². The van der Waals surface area contributed by atoms with Crippen LogP contribution < -0.4 is 0 Å². The Labute approximate surface area is 82.0 Å². The van der Waals surface area contributed by atoms with Crippen LogP contribution in [0.1, 0.15) is 30.4 Å². The molecule has 2 rings (SSSR count). The maximum absolute atomic E-state index is 5.59. The zero-order chi connectivity index (χ0) is 9.10. The first-order valence-corrected chi connectivity index (χ1v) is 5.02.